The minimum atomic E-state index is 0.328. The summed E-state index contributed by atoms with van der Waals surface area (Å²) in [6.07, 6.45) is 16.9. The van der Waals surface area contributed by atoms with E-state index in [4.69, 9.17) is 0 Å². The largest absolute Gasteiger partial charge is 0.299 e. The normalized spacial score (nSPS) is 20.1. The Labute approximate surface area is 126 Å². The molecular weight excluding hydrogens is 244 g/mol. The van der Waals surface area contributed by atoms with Crippen LogP contribution in [0, 0.1) is 11.3 Å². The maximum atomic E-state index is 11.9. The highest BCUT2D eigenvalue weighted by molar-refractivity contribution is 5.84. The van der Waals surface area contributed by atoms with Crippen LogP contribution in [0.2, 0.25) is 0 Å². The molecule has 1 fully saturated rings. The Morgan fingerprint density at radius 1 is 0.850 bits per heavy atom. The van der Waals surface area contributed by atoms with Gasteiger partial charge in [0, 0.05) is 12.3 Å². The molecule has 0 aromatic heterocycles. The predicted octanol–water partition coefficient (Wildman–Crippen LogP) is 6.30. The van der Waals surface area contributed by atoms with E-state index in [0.717, 1.165) is 19.3 Å². The second-order valence-electron chi connectivity index (χ2n) is 7.50. The number of unbranched alkanes of at least 4 members (excludes halogenated alkanes) is 10. The molecule has 0 radical (unpaired) electrons. The van der Waals surface area contributed by atoms with Crippen molar-refractivity contribution < 1.29 is 4.79 Å². The second-order valence-corrected chi connectivity index (χ2v) is 7.50. The minimum Gasteiger partial charge on any atom is -0.299 e. The van der Waals surface area contributed by atoms with Crippen molar-refractivity contribution in [1.29, 1.82) is 0 Å². The molecule has 0 N–H and O–H groups in total. The Bertz CT molecular complexity index is 267. The molecule has 0 amide bonds. The molecule has 1 aliphatic rings. The molecule has 0 saturated heterocycles. The van der Waals surface area contributed by atoms with Crippen molar-refractivity contribution >= 4 is 5.78 Å². The standard InChI is InChI=1S/C19H36O/c1-4-5-6-7-8-9-10-11-12-13-14-15-18(20)17-16-19(17,2)3/h17H,4-16H2,1-3H3. The highest BCUT2D eigenvalue weighted by Gasteiger charge is 2.49. The van der Waals surface area contributed by atoms with Crippen LogP contribution in [0.25, 0.3) is 0 Å². The molecule has 1 aliphatic carbocycles. The third-order valence-corrected chi connectivity index (χ3v) is 4.93. The maximum Gasteiger partial charge on any atom is 0.136 e. The zero-order valence-corrected chi connectivity index (χ0v) is 14.2. The molecule has 0 spiro atoms. The molecule has 1 rings (SSSR count). The monoisotopic (exact) mass is 280 g/mol. The summed E-state index contributed by atoms with van der Waals surface area (Å²) in [6.45, 7) is 6.71. The Kier molecular flexibility index (Phi) is 8.49. The first-order valence-electron chi connectivity index (χ1n) is 9.10. The minimum absolute atomic E-state index is 0.328. The molecule has 1 nitrogen and oxygen atoms in total. The average molecular weight is 280 g/mol. The smallest absolute Gasteiger partial charge is 0.136 e. The van der Waals surface area contributed by atoms with Crippen molar-refractivity contribution in [2.45, 2.75) is 104 Å². The van der Waals surface area contributed by atoms with Gasteiger partial charge in [-0.05, 0) is 18.3 Å². The van der Waals surface area contributed by atoms with E-state index in [1.807, 2.05) is 0 Å². The number of hydrogen-bond acceptors (Lipinski definition) is 1. The summed E-state index contributed by atoms with van der Waals surface area (Å²) >= 11 is 0. The van der Waals surface area contributed by atoms with Gasteiger partial charge in [0.1, 0.15) is 5.78 Å². The van der Waals surface area contributed by atoms with Gasteiger partial charge in [-0.25, -0.2) is 0 Å². The number of carbonyl (C=O) groups excluding carboxylic acids is 1. The number of hydrogen-bond donors (Lipinski definition) is 0. The first kappa shape index (κ1) is 17.7. The van der Waals surface area contributed by atoms with Gasteiger partial charge in [-0.1, -0.05) is 85.0 Å². The van der Waals surface area contributed by atoms with Gasteiger partial charge in [0.05, 0.1) is 0 Å². The van der Waals surface area contributed by atoms with Crippen LogP contribution in [-0.2, 0) is 4.79 Å². The Morgan fingerprint density at radius 3 is 1.65 bits per heavy atom. The third kappa shape index (κ3) is 7.45. The van der Waals surface area contributed by atoms with Gasteiger partial charge >= 0.3 is 0 Å². The van der Waals surface area contributed by atoms with E-state index in [0.29, 0.717) is 17.1 Å². The van der Waals surface area contributed by atoms with E-state index in [1.54, 1.807) is 0 Å². The van der Waals surface area contributed by atoms with Crippen molar-refractivity contribution in [1.82, 2.24) is 0 Å². The topological polar surface area (TPSA) is 17.1 Å². The van der Waals surface area contributed by atoms with Crippen LogP contribution in [0.4, 0.5) is 0 Å². The molecule has 0 aromatic carbocycles. The summed E-state index contributed by atoms with van der Waals surface area (Å²) < 4.78 is 0. The van der Waals surface area contributed by atoms with Gasteiger partial charge in [-0.15, -0.1) is 0 Å². The predicted molar refractivity (Wildman–Crippen MR) is 88.0 cm³/mol. The van der Waals surface area contributed by atoms with Gasteiger partial charge in [-0.3, -0.25) is 4.79 Å². The molecule has 1 saturated carbocycles. The summed E-state index contributed by atoms with van der Waals surface area (Å²) in [7, 11) is 0. The first-order chi connectivity index (χ1) is 9.58. The molecule has 20 heavy (non-hydrogen) atoms. The van der Waals surface area contributed by atoms with Gasteiger partial charge in [0.25, 0.3) is 0 Å². The molecule has 0 bridgehead atoms. The molecule has 1 atom stereocenters. The van der Waals surface area contributed by atoms with E-state index in [-0.39, 0.29) is 0 Å². The van der Waals surface area contributed by atoms with Crippen LogP contribution >= 0.6 is 0 Å². The molecule has 0 aliphatic heterocycles. The summed E-state index contributed by atoms with van der Waals surface area (Å²) in [5.41, 5.74) is 0.328. The lowest BCUT2D eigenvalue weighted by Gasteiger charge is -2.04. The van der Waals surface area contributed by atoms with Crippen LogP contribution in [0.1, 0.15) is 104 Å². The van der Waals surface area contributed by atoms with Gasteiger partial charge < -0.3 is 0 Å². The highest BCUT2D eigenvalue weighted by Crippen LogP contribution is 2.52. The Hall–Kier alpha value is -0.330. The zero-order valence-electron chi connectivity index (χ0n) is 14.2. The van der Waals surface area contributed by atoms with Crippen molar-refractivity contribution in [3.63, 3.8) is 0 Å². The Morgan fingerprint density at radius 2 is 1.25 bits per heavy atom. The van der Waals surface area contributed by atoms with E-state index in [9.17, 15) is 4.79 Å². The SMILES string of the molecule is CCCCCCCCCCCCCC(=O)C1CC1(C)C. The van der Waals surface area contributed by atoms with Crippen LogP contribution < -0.4 is 0 Å². The van der Waals surface area contributed by atoms with E-state index in [2.05, 4.69) is 20.8 Å². The van der Waals surface area contributed by atoms with Gasteiger partial charge in [-0.2, -0.15) is 0 Å². The number of rotatable bonds is 13. The quantitative estimate of drug-likeness (QED) is 0.362. The fraction of sp³-hybridized carbons (Fsp3) is 0.947. The van der Waals surface area contributed by atoms with E-state index >= 15 is 0 Å². The van der Waals surface area contributed by atoms with Gasteiger partial charge in [0.15, 0.2) is 0 Å². The third-order valence-electron chi connectivity index (χ3n) is 4.93. The van der Waals surface area contributed by atoms with Crippen molar-refractivity contribution in [3.05, 3.63) is 0 Å². The number of ketones is 1. The molecule has 0 aromatic rings. The second kappa shape index (κ2) is 9.58. The fourth-order valence-electron chi connectivity index (χ4n) is 3.15. The van der Waals surface area contributed by atoms with Crippen molar-refractivity contribution in [2.24, 2.45) is 11.3 Å². The van der Waals surface area contributed by atoms with Crippen molar-refractivity contribution in [3.8, 4) is 0 Å². The zero-order chi connectivity index (χ0) is 14.8. The van der Waals surface area contributed by atoms with Crippen LogP contribution in [-0.4, -0.2) is 5.78 Å². The molecule has 1 heteroatoms. The summed E-state index contributed by atoms with van der Waals surface area (Å²) in [5.74, 6) is 0.927. The van der Waals surface area contributed by atoms with Crippen LogP contribution in [0.3, 0.4) is 0 Å². The highest BCUT2D eigenvalue weighted by atomic mass is 16.1. The lowest BCUT2D eigenvalue weighted by Crippen LogP contribution is -2.05. The summed E-state index contributed by atoms with van der Waals surface area (Å²) in [4.78, 5) is 11.9. The maximum absolute atomic E-state index is 11.9. The number of carbonyl (C=O) groups is 1. The number of Topliss-reactive ketones (excluding diaryl/α,β-unsaturated/α-hetero) is 1. The average Bonchev–Trinajstić information content (AvgIpc) is 3.05. The fourth-order valence-corrected chi connectivity index (χ4v) is 3.15. The lowest BCUT2D eigenvalue weighted by molar-refractivity contribution is -0.121. The van der Waals surface area contributed by atoms with Crippen LogP contribution in [0.15, 0.2) is 0 Å². The lowest BCUT2D eigenvalue weighted by atomic mass is 10.0. The van der Waals surface area contributed by atoms with E-state index in [1.165, 1.54) is 64.2 Å². The van der Waals surface area contributed by atoms with Crippen molar-refractivity contribution in [2.75, 3.05) is 0 Å². The molecule has 1 unspecified atom stereocenters. The molecular formula is C19H36O. The van der Waals surface area contributed by atoms with Crippen LogP contribution in [0.5, 0.6) is 0 Å². The molecule has 0 heterocycles. The molecule has 118 valence electrons. The first-order valence-corrected chi connectivity index (χ1v) is 9.10. The van der Waals surface area contributed by atoms with E-state index < -0.39 is 0 Å². The van der Waals surface area contributed by atoms with Gasteiger partial charge in [0.2, 0.25) is 0 Å². The summed E-state index contributed by atoms with van der Waals surface area (Å²) in [6, 6.07) is 0. The Balaban J connectivity index is 1.78. The summed E-state index contributed by atoms with van der Waals surface area (Å²) in [5, 5.41) is 0.